The predicted octanol–water partition coefficient (Wildman–Crippen LogP) is 5.83. The number of aliphatic hydroxyl groups excluding tert-OH is 1. The number of halogens is 1. The summed E-state index contributed by atoms with van der Waals surface area (Å²) >= 11 is 6.40. The zero-order chi connectivity index (χ0) is 26.7. The summed E-state index contributed by atoms with van der Waals surface area (Å²) in [6.45, 7) is 5.83. The fourth-order valence-corrected chi connectivity index (χ4v) is 4.80. The Morgan fingerprint density at radius 1 is 0.946 bits per heavy atom. The van der Waals surface area contributed by atoms with E-state index in [1.807, 2.05) is 24.3 Å². The van der Waals surface area contributed by atoms with Crippen LogP contribution in [0.5, 0.6) is 11.5 Å². The first-order chi connectivity index (χ1) is 17.8. The van der Waals surface area contributed by atoms with Crippen molar-refractivity contribution < 1.29 is 24.2 Å². The van der Waals surface area contributed by atoms with Gasteiger partial charge in [0.15, 0.2) is 0 Å². The molecular weight excluding hydrogens is 492 g/mol. The quantitative estimate of drug-likeness (QED) is 0.229. The Labute approximate surface area is 221 Å². The Bertz CT molecular complexity index is 1350. The van der Waals surface area contributed by atoms with Crippen molar-refractivity contribution in [2.24, 2.45) is 0 Å². The molecule has 8 heteroatoms. The van der Waals surface area contributed by atoms with Crippen molar-refractivity contribution in [2.45, 2.75) is 19.9 Å². The molecule has 1 atom stereocenters. The standard InChI is InChI=1S/C29H29ClN2O5/c1-5-31(6-2)19-12-10-18(11-13-19)26-25(27(33)23-17-22(37-4)14-15-24(23)30)28(34)29(35)32(26)20-8-7-9-21(16-20)36-3/h7-17,26,33H,5-6H2,1-4H3/b27-25+. The van der Waals surface area contributed by atoms with Gasteiger partial charge < -0.3 is 19.5 Å². The number of aliphatic hydroxyl groups is 1. The van der Waals surface area contributed by atoms with Crippen LogP contribution in [0, 0.1) is 0 Å². The summed E-state index contributed by atoms with van der Waals surface area (Å²) in [5.74, 6) is -0.951. The van der Waals surface area contributed by atoms with Crippen LogP contribution in [-0.4, -0.2) is 44.1 Å². The molecule has 7 nitrogen and oxygen atoms in total. The van der Waals surface area contributed by atoms with E-state index in [2.05, 4.69) is 18.7 Å². The van der Waals surface area contributed by atoms with Gasteiger partial charge in [0.25, 0.3) is 11.7 Å². The zero-order valence-electron chi connectivity index (χ0n) is 21.2. The molecule has 1 amide bonds. The van der Waals surface area contributed by atoms with Crippen LogP contribution in [0.25, 0.3) is 5.76 Å². The highest BCUT2D eigenvalue weighted by molar-refractivity contribution is 6.52. The van der Waals surface area contributed by atoms with E-state index in [1.165, 1.54) is 25.2 Å². The van der Waals surface area contributed by atoms with Crippen molar-refractivity contribution in [3.63, 3.8) is 0 Å². The maximum atomic E-state index is 13.5. The fourth-order valence-electron chi connectivity index (χ4n) is 4.59. The van der Waals surface area contributed by atoms with Crippen LogP contribution < -0.4 is 19.3 Å². The minimum atomic E-state index is -0.889. The number of hydrogen-bond donors (Lipinski definition) is 1. The number of rotatable bonds is 8. The second kappa shape index (κ2) is 11.0. The van der Waals surface area contributed by atoms with Gasteiger partial charge in [0, 0.05) is 36.1 Å². The number of Topliss-reactive ketones (excluding diaryl/α,β-unsaturated/α-hetero) is 1. The van der Waals surface area contributed by atoms with Crippen LogP contribution in [0.15, 0.2) is 72.3 Å². The first kappa shape index (κ1) is 26.1. The number of nitrogens with zero attached hydrogens (tertiary/aromatic N) is 2. The van der Waals surface area contributed by atoms with E-state index in [4.69, 9.17) is 21.1 Å². The molecule has 0 aromatic heterocycles. The molecule has 1 N–H and O–H groups in total. The van der Waals surface area contributed by atoms with E-state index >= 15 is 0 Å². The van der Waals surface area contributed by atoms with Gasteiger partial charge in [-0.15, -0.1) is 0 Å². The molecule has 1 fully saturated rings. The number of ketones is 1. The number of benzene rings is 3. The van der Waals surface area contributed by atoms with Crippen LogP contribution in [-0.2, 0) is 9.59 Å². The molecule has 0 bridgehead atoms. The minimum absolute atomic E-state index is 0.0569. The van der Waals surface area contributed by atoms with Gasteiger partial charge in [0.1, 0.15) is 17.3 Å². The van der Waals surface area contributed by atoms with E-state index in [0.717, 1.165) is 18.8 Å². The SMILES string of the molecule is CCN(CC)c1ccc(C2/C(=C(\O)c3cc(OC)ccc3Cl)C(=O)C(=O)N2c2cccc(OC)c2)cc1. The molecule has 0 radical (unpaired) electrons. The molecule has 1 aliphatic heterocycles. The predicted molar refractivity (Wildman–Crippen MR) is 146 cm³/mol. The van der Waals surface area contributed by atoms with E-state index in [-0.39, 0.29) is 21.9 Å². The van der Waals surface area contributed by atoms with Gasteiger partial charge in [-0.05, 0) is 61.9 Å². The number of methoxy groups -OCH3 is 2. The Morgan fingerprint density at radius 2 is 1.59 bits per heavy atom. The molecule has 0 saturated carbocycles. The second-order valence-electron chi connectivity index (χ2n) is 8.48. The van der Waals surface area contributed by atoms with Crippen molar-refractivity contribution in [1.29, 1.82) is 0 Å². The van der Waals surface area contributed by atoms with Crippen molar-refractivity contribution in [3.05, 3.63) is 88.5 Å². The molecule has 1 unspecified atom stereocenters. The summed E-state index contributed by atoms with van der Waals surface area (Å²) in [5.41, 5.74) is 2.30. The molecule has 0 aliphatic carbocycles. The minimum Gasteiger partial charge on any atom is -0.507 e. The summed E-state index contributed by atoms with van der Waals surface area (Å²) in [7, 11) is 3.02. The highest BCUT2D eigenvalue weighted by atomic mass is 35.5. The monoisotopic (exact) mass is 520 g/mol. The van der Waals surface area contributed by atoms with Crippen molar-refractivity contribution in [1.82, 2.24) is 0 Å². The van der Waals surface area contributed by atoms with E-state index in [9.17, 15) is 14.7 Å². The average Bonchev–Trinajstić information content (AvgIpc) is 3.19. The lowest BCUT2D eigenvalue weighted by molar-refractivity contribution is -0.132. The summed E-state index contributed by atoms with van der Waals surface area (Å²) < 4.78 is 10.6. The lowest BCUT2D eigenvalue weighted by atomic mass is 9.94. The molecule has 1 aliphatic rings. The van der Waals surface area contributed by atoms with E-state index < -0.39 is 17.7 Å². The van der Waals surface area contributed by atoms with Crippen molar-refractivity contribution in [3.8, 4) is 11.5 Å². The second-order valence-corrected chi connectivity index (χ2v) is 8.89. The number of hydrogen-bond acceptors (Lipinski definition) is 6. The number of carbonyl (C=O) groups excluding carboxylic acids is 2. The van der Waals surface area contributed by atoms with Gasteiger partial charge in [0.05, 0.1) is 30.9 Å². The molecule has 1 saturated heterocycles. The molecule has 192 valence electrons. The third-order valence-corrected chi connectivity index (χ3v) is 6.87. The van der Waals surface area contributed by atoms with E-state index in [1.54, 1.807) is 36.4 Å². The normalized spacial score (nSPS) is 16.7. The third kappa shape index (κ3) is 4.87. The van der Waals surface area contributed by atoms with Crippen LogP contribution >= 0.6 is 11.6 Å². The Hall–Kier alpha value is -3.97. The van der Waals surface area contributed by atoms with Gasteiger partial charge in [-0.3, -0.25) is 14.5 Å². The Morgan fingerprint density at radius 3 is 2.22 bits per heavy atom. The lowest BCUT2D eigenvalue weighted by Crippen LogP contribution is -2.29. The maximum Gasteiger partial charge on any atom is 0.300 e. The van der Waals surface area contributed by atoms with Gasteiger partial charge in [-0.2, -0.15) is 0 Å². The molecule has 3 aromatic carbocycles. The first-order valence-corrected chi connectivity index (χ1v) is 12.4. The molecular formula is C29H29ClN2O5. The van der Waals surface area contributed by atoms with Gasteiger partial charge in [-0.25, -0.2) is 0 Å². The average molecular weight is 521 g/mol. The number of amides is 1. The van der Waals surface area contributed by atoms with Crippen LogP contribution in [0.3, 0.4) is 0 Å². The Kier molecular flexibility index (Phi) is 7.74. The molecule has 0 spiro atoms. The summed E-state index contributed by atoms with van der Waals surface area (Å²) in [6.07, 6.45) is 0. The third-order valence-electron chi connectivity index (χ3n) is 6.54. The maximum absolute atomic E-state index is 13.5. The van der Waals surface area contributed by atoms with E-state index in [0.29, 0.717) is 22.7 Å². The zero-order valence-corrected chi connectivity index (χ0v) is 22.0. The van der Waals surface area contributed by atoms with Crippen molar-refractivity contribution >= 4 is 40.4 Å². The smallest absolute Gasteiger partial charge is 0.300 e. The molecule has 1 heterocycles. The summed E-state index contributed by atoms with van der Waals surface area (Å²) in [5, 5.41) is 11.7. The lowest BCUT2D eigenvalue weighted by Gasteiger charge is -2.27. The molecule has 3 aromatic rings. The van der Waals surface area contributed by atoms with Crippen LogP contribution in [0.4, 0.5) is 11.4 Å². The summed E-state index contributed by atoms with van der Waals surface area (Å²) in [6, 6.07) is 18.4. The van der Waals surface area contributed by atoms with Gasteiger partial charge in [-0.1, -0.05) is 29.8 Å². The highest BCUT2D eigenvalue weighted by Crippen LogP contribution is 2.44. The first-order valence-electron chi connectivity index (χ1n) is 12.0. The van der Waals surface area contributed by atoms with Crippen molar-refractivity contribution in [2.75, 3.05) is 37.1 Å². The number of carbonyl (C=O) groups is 2. The Balaban J connectivity index is 1.94. The largest absolute Gasteiger partial charge is 0.507 e. The van der Waals surface area contributed by atoms with Crippen LogP contribution in [0.1, 0.15) is 31.0 Å². The summed E-state index contributed by atoms with van der Waals surface area (Å²) in [4.78, 5) is 30.5. The topological polar surface area (TPSA) is 79.3 Å². The molecule has 37 heavy (non-hydrogen) atoms. The van der Waals surface area contributed by atoms with Gasteiger partial charge >= 0.3 is 0 Å². The van der Waals surface area contributed by atoms with Gasteiger partial charge in [0.2, 0.25) is 0 Å². The number of anilines is 2. The molecule has 4 rings (SSSR count). The fraction of sp³-hybridized carbons (Fsp3) is 0.241. The highest BCUT2D eigenvalue weighted by Gasteiger charge is 2.47. The van der Waals surface area contributed by atoms with Crippen LogP contribution in [0.2, 0.25) is 5.02 Å². The number of ether oxygens (including phenoxy) is 2.